The number of pyridine rings is 1. The first kappa shape index (κ1) is 21.4. The molecule has 0 amide bonds. The van der Waals surface area contributed by atoms with Gasteiger partial charge >= 0.3 is 6.18 Å². The molecule has 0 unspecified atom stereocenters. The predicted molar refractivity (Wildman–Crippen MR) is 100 cm³/mol. The van der Waals surface area contributed by atoms with Crippen molar-refractivity contribution < 1.29 is 22.7 Å². The number of ketones is 1. The van der Waals surface area contributed by atoms with E-state index < -0.39 is 17.7 Å². The minimum absolute atomic E-state index is 0.0725. The van der Waals surface area contributed by atoms with Crippen LogP contribution in [0.25, 0.3) is 0 Å². The summed E-state index contributed by atoms with van der Waals surface area (Å²) < 4.78 is 43.8. The Hall–Kier alpha value is -1.93. The van der Waals surface area contributed by atoms with Crippen molar-refractivity contribution >= 4 is 21.7 Å². The number of halogens is 4. The lowest BCUT2D eigenvalue weighted by atomic mass is 10.1. The molecule has 0 radical (unpaired) electrons. The monoisotopic (exact) mass is 444 g/mol. The van der Waals surface area contributed by atoms with Gasteiger partial charge in [-0.3, -0.25) is 4.79 Å². The van der Waals surface area contributed by atoms with Gasteiger partial charge in [-0.1, -0.05) is 30.3 Å². The first-order valence-electron chi connectivity index (χ1n) is 8.46. The molecule has 0 aliphatic heterocycles. The second-order valence-corrected chi connectivity index (χ2v) is 6.63. The topological polar surface area (TPSA) is 51.2 Å². The molecule has 4 nitrogen and oxygen atoms in total. The zero-order valence-corrected chi connectivity index (χ0v) is 16.5. The summed E-state index contributed by atoms with van der Waals surface area (Å²) >= 11 is 3.12. The lowest BCUT2D eigenvalue weighted by Crippen LogP contribution is -2.25. The van der Waals surface area contributed by atoms with Gasteiger partial charge in [0.05, 0.1) is 6.61 Å². The molecule has 0 aliphatic carbocycles. The number of benzene rings is 1. The van der Waals surface area contributed by atoms with Crippen LogP contribution in [0.5, 0.6) is 5.75 Å². The number of hydrogen-bond acceptors (Lipinski definition) is 4. The van der Waals surface area contributed by atoms with Crippen LogP contribution in [-0.4, -0.2) is 30.1 Å². The third kappa shape index (κ3) is 5.77. The number of nitrogens with zero attached hydrogens (tertiary/aromatic N) is 1. The molecule has 0 aliphatic rings. The maximum Gasteiger partial charge on any atom is 0.456 e. The average Bonchev–Trinajstić information content (AvgIpc) is 2.63. The molecule has 0 spiro atoms. The minimum atomic E-state index is -4.98. The van der Waals surface area contributed by atoms with E-state index in [1.54, 1.807) is 6.92 Å². The van der Waals surface area contributed by atoms with Gasteiger partial charge in [-0.2, -0.15) is 13.2 Å². The van der Waals surface area contributed by atoms with Crippen molar-refractivity contribution in [2.45, 2.75) is 32.5 Å². The van der Waals surface area contributed by atoms with Gasteiger partial charge in [0.15, 0.2) is 5.75 Å². The molecule has 1 aromatic carbocycles. The molecule has 2 aromatic rings. The minimum Gasteiger partial charge on any atom is -0.491 e. The Kier molecular flexibility index (Phi) is 7.38. The Morgan fingerprint density at radius 3 is 2.56 bits per heavy atom. The fraction of sp³-hybridized carbons (Fsp3) is 0.368. The van der Waals surface area contributed by atoms with Crippen LogP contribution in [0.15, 0.2) is 41.0 Å². The molecule has 2 rings (SSSR count). The highest BCUT2D eigenvalue weighted by atomic mass is 79.9. The molecular weight excluding hydrogens is 425 g/mol. The molecule has 0 saturated carbocycles. The largest absolute Gasteiger partial charge is 0.491 e. The van der Waals surface area contributed by atoms with E-state index in [-0.39, 0.29) is 10.6 Å². The Morgan fingerprint density at radius 1 is 1.30 bits per heavy atom. The summed E-state index contributed by atoms with van der Waals surface area (Å²) in [4.78, 5) is 15.3. The highest BCUT2D eigenvalue weighted by Gasteiger charge is 2.40. The molecule has 1 aromatic heterocycles. The number of rotatable bonds is 8. The van der Waals surface area contributed by atoms with Crippen molar-refractivity contribution in [1.82, 2.24) is 10.3 Å². The molecule has 0 saturated heterocycles. The zero-order chi connectivity index (χ0) is 20.0. The lowest BCUT2D eigenvalue weighted by Gasteiger charge is -2.17. The maximum absolute atomic E-state index is 12.7. The fourth-order valence-corrected chi connectivity index (χ4v) is 3.14. The number of ether oxygens (including phenoxy) is 1. The fourth-order valence-electron chi connectivity index (χ4n) is 2.58. The van der Waals surface area contributed by atoms with E-state index in [9.17, 15) is 18.0 Å². The van der Waals surface area contributed by atoms with Crippen LogP contribution in [-0.2, 0) is 6.42 Å². The van der Waals surface area contributed by atoms with Gasteiger partial charge in [0.1, 0.15) is 10.3 Å². The van der Waals surface area contributed by atoms with Crippen molar-refractivity contribution in [3.63, 3.8) is 0 Å². The molecular formula is C19H20BrF3N2O2. The number of Topliss-reactive ketones (excluding diaryl/α,β-unsaturated/α-hetero) is 1. The van der Waals surface area contributed by atoms with E-state index in [0.717, 1.165) is 11.6 Å². The SMILES string of the molecule is CCOc1c(CCN[C@@H](C)c2ccccc2)cc(C(=O)C(F)(F)F)nc1Br. The molecule has 1 N–H and O–H groups in total. The first-order chi connectivity index (χ1) is 12.7. The van der Waals surface area contributed by atoms with Crippen LogP contribution in [0, 0.1) is 0 Å². The van der Waals surface area contributed by atoms with Gasteiger partial charge in [-0.25, -0.2) is 4.98 Å². The average molecular weight is 445 g/mol. The Balaban J connectivity index is 2.18. The standard InChI is InChI=1S/C19H20BrF3N2O2/c1-3-27-16-14(9-10-24-12(2)13-7-5-4-6-8-13)11-15(25-18(16)20)17(26)19(21,22)23/h4-8,11-12,24H,3,9-10H2,1-2H3/t12-/m0/s1. The van der Waals surface area contributed by atoms with Gasteiger partial charge in [0, 0.05) is 11.6 Å². The smallest absolute Gasteiger partial charge is 0.456 e. The quantitative estimate of drug-likeness (QED) is 0.465. The van der Waals surface area contributed by atoms with Crippen LogP contribution in [0.3, 0.4) is 0 Å². The van der Waals surface area contributed by atoms with E-state index in [2.05, 4.69) is 26.2 Å². The van der Waals surface area contributed by atoms with E-state index in [1.807, 2.05) is 37.3 Å². The summed E-state index contributed by atoms with van der Waals surface area (Å²) in [6.07, 6.45) is -4.59. The van der Waals surface area contributed by atoms with Crippen molar-refractivity contribution in [1.29, 1.82) is 0 Å². The second kappa shape index (κ2) is 9.32. The van der Waals surface area contributed by atoms with Gasteiger partial charge in [-0.05, 0) is 54.4 Å². The van der Waals surface area contributed by atoms with Crippen LogP contribution in [0.4, 0.5) is 13.2 Å². The summed E-state index contributed by atoms with van der Waals surface area (Å²) in [6, 6.07) is 11.0. The summed E-state index contributed by atoms with van der Waals surface area (Å²) in [5.41, 5.74) is 0.939. The van der Waals surface area contributed by atoms with Crippen molar-refractivity contribution in [2.24, 2.45) is 0 Å². The third-order valence-corrected chi connectivity index (χ3v) is 4.47. The lowest BCUT2D eigenvalue weighted by molar-refractivity contribution is -0.0888. The zero-order valence-electron chi connectivity index (χ0n) is 14.9. The van der Waals surface area contributed by atoms with Gasteiger partial charge in [-0.15, -0.1) is 0 Å². The maximum atomic E-state index is 12.7. The number of aromatic nitrogens is 1. The molecule has 27 heavy (non-hydrogen) atoms. The second-order valence-electron chi connectivity index (χ2n) is 5.88. The molecule has 1 atom stereocenters. The number of carbonyl (C=O) groups excluding carboxylic acids is 1. The highest BCUT2D eigenvalue weighted by molar-refractivity contribution is 9.10. The van der Waals surface area contributed by atoms with Crippen LogP contribution < -0.4 is 10.1 Å². The molecule has 0 fully saturated rings. The van der Waals surface area contributed by atoms with Crippen LogP contribution in [0.1, 0.15) is 41.5 Å². The Bertz CT molecular complexity index is 783. The van der Waals surface area contributed by atoms with Crippen molar-refractivity contribution in [2.75, 3.05) is 13.2 Å². The summed E-state index contributed by atoms with van der Waals surface area (Å²) in [5.74, 6) is -1.62. The summed E-state index contributed by atoms with van der Waals surface area (Å²) in [5, 5.41) is 3.32. The number of nitrogens with one attached hydrogen (secondary N) is 1. The van der Waals surface area contributed by atoms with Crippen molar-refractivity contribution in [3.8, 4) is 5.75 Å². The Labute approximate surface area is 164 Å². The first-order valence-corrected chi connectivity index (χ1v) is 9.25. The number of hydrogen-bond donors (Lipinski definition) is 1. The number of alkyl halides is 3. The number of carbonyl (C=O) groups is 1. The van der Waals surface area contributed by atoms with Gasteiger partial charge in [0.2, 0.25) is 0 Å². The Morgan fingerprint density at radius 2 is 1.96 bits per heavy atom. The third-order valence-electron chi connectivity index (χ3n) is 3.93. The summed E-state index contributed by atoms with van der Waals surface area (Å²) in [7, 11) is 0. The molecule has 0 bridgehead atoms. The van der Waals surface area contributed by atoms with E-state index in [1.165, 1.54) is 0 Å². The normalized spacial score (nSPS) is 12.7. The highest BCUT2D eigenvalue weighted by Crippen LogP contribution is 2.31. The van der Waals surface area contributed by atoms with Crippen LogP contribution in [0.2, 0.25) is 0 Å². The van der Waals surface area contributed by atoms with E-state index in [0.29, 0.717) is 30.9 Å². The van der Waals surface area contributed by atoms with Crippen LogP contribution >= 0.6 is 15.9 Å². The van der Waals surface area contributed by atoms with E-state index >= 15 is 0 Å². The molecule has 8 heteroatoms. The van der Waals surface area contributed by atoms with Gasteiger partial charge < -0.3 is 10.1 Å². The summed E-state index contributed by atoms with van der Waals surface area (Å²) in [6.45, 7) is 4.58. The van der Waals surface area contributed by atoms with Crippen molar-refractivity contribution in [3.05, 3.63) is 57.8 Å². The van der Waals surface area contributed by atoms with E-state index in [4.69, 9.17) is 4.74 Å². The molecule has 1 heterocycles. The van der Waals surface area contributed by atoms with Gasteiger partial charge in [0.25, 0.3) is 5.78 Å². The predicted octanol–water partition coefficient (Wildman–Crippen LogP) is 4.88. The molecule has 146 valence electrons.